The second-order valence-corrected chi connectivity index (χ2v) is 8.03. The highest BCUT2D eigenvalue weighted by atomic mass is 32.2. The lowest BCUT2D eigenvalue weighted by Gasteiger charge is -2.25. The van der Waals surface area contributed by atoms with Crippen molar-refractivity contribution in [3.63, 3.8) is 0 Å². The maximum Gasteiger partial charge on any atom is 0.240 e. The van der Waals surface area contributed by atoms with Crippen molar-refractivity contribution >= 4 is 20.8 Å². The van der Waals surface area contributed by atoms with E-state index in [-0.39, 0.29) is 17.5 Å². The van der Waals surface area contributed by atoms with Crippen LogP contribution in [0.3, 0.4) is 0 Å². The van der Waals surface area contributed by atoms with Gasteiger partial charge in [-0.1, -0.05) is 54.6 Å². The summed E-state index contributed by atoms with van der Waals surface area (Å²) >= 11 is 0. The molecule has 0 spiro atoms. The number of nitrogens with one attached hydrogen (secondary N) is 1. The summed E-state index contributed by atoms with van der Waals surface area (Å²) in [6, 6.07) is 21.0. The molecule has 128 valence electrons. The maximum absolute atomic E-state index is 12.6. The van der Waals surface area contributed by atoms with Gasteiger partial charge in [-0.15, -0.1) is 0 Å². The smallest absolute Gasteiger partial charge is 0.240 e. The van der Waals surface area contributed by atoms with Gasteiger partial charge >= 0.3 is 0 Å². The van der Waals surface area contributed by atoms with Crippen molar-refractivity contribution in [3.05, 3.63) is 77.9 Å². The van der Waals surface area contributed by atoms with Crippen molar-refractivity contribution in [1.29, 1.82) is 0 Å². The molecule has 0 radical (unpaired) electrons. The Morgan fingerprint density at radius 1 is 0.920 bits per heavy atom. The molecule has 5 heteroatoms. The first-order valence-electron chi connectivity index (χ1n) is 8.29. The topological polar surface area (TPSA) is 55.4 Å². The number of fused-ring (bicyclic) bond motifs is 2. The van der Waals surface area contributed by atoms with Crippen LogP contribution in [0.2, 0.25) is 0 Å². The zero-order chi connectivity index (χ0) is 17.3. The zero-order valence-electron chi connectivity index (χ0n) is 13.7. The third kappa shape index (κ3) is 3.44. The second kappa shape index (κ2) is 6.59. The SMILES string of the molecule is O=S(=O)(NCC1Cc2ccccc2CO1)c1ccc2ccccc2c1. The average Bonchev–Trinajstić information content (AvgIpc) is 2.66. The van der Waals surface area contributed by atoms with Crippen LogP contribution in [0.25, 0.3) is 10.8 Å². The van der Waals surface area contributed by atoms with Crippen LogP contribution in [-0.4, -0.2) is 21.1 Å². The van der Waals surface area contributed by atoms with E-state index in [0.29, 0.717) is 6.61 Å². The molecule has 1 heterocycles. The largest absolute Gasteiger partial charge is 0.372 e. The van der Waals surface area contributed by atoms with Crippen molar-refractivity contribution in [2.45, 2.75) is 24.0 Å². The number of ether oxygens (including phenoxy) is 1. The number of rotatable bonds is 4. The van der Waals surface area contributed by atoms with Crippen LogP contribution < -0.4 is 4.72 Å². The lowest BCUT2D eigenvalue weighted by molar-refractivity contribution is 0.0322. The fourth-order valence-corrected chi connectivity index (χ4v) is 4.26. The molecule has 0 aromatic heterocycles. The summed E-state index contributed by atoms with van der Waals surface area (Å²) in [5.74, 6) is 0. The van der Waals surface area contributed by atoms with E-state index in [1.165, 1.54) is 11.1 Å². The summed E-state index contributed by atoms with van der Waals surface area (Å²) in [7, 11) is -3.56. The number of hydrogen-bond acceptors (Lipinski definition) is 3. The normalized spacial score (nSPS) is 17.4. The van der Waals surface area contributed by atoms with E-state index >= 15 is 0 Å². The third-order valence-electron chi connectivity index (χ3n) is 4.57. The molecular formula is C20H19NO3S. The molecule has 1 unspecified atom stereocenters. The van der Waals surface area contributed by atoms with Gasteiger partial charge in [0.1, 0.15) is 0 Å². The quantitative estimate of drug-likeness (QED) is 0.783. The van der Waals surface area contributed by atoms with Gasteiger partial charge in [0, 0.05) is 13.0 Å². The predicted molar refractivity (Wildman–Crippen MR) is 97.9 cm³/mol. The molecule has 1 aliphatic heterocycles. The average molecular weight is 353 g/mol. The molecule has 0 fully saturated rings. The van der Waals surface area contributed by atoms with Crippen LogP contribution in [0, 0.1) is 0 Å². The van der Waals surface area contributed by atoms with Crippen LogP contribution in [0.5, 0.6) is 0 Å². The highest BCUT2D eigenvalue weighted by Crippen LogP contribution is 2.21. The number of hydrogen-bond donors (Lipinski definition) is 1. The van der Waals surface area contributed by atoms with Crippen molar-refractivity contribution in [2.24, 2.45) is 0 Å². The summed E-state index contributed by atoms with van der Waals surface area (Å²) in [5.41, 5.74) is 2.40. The molecule has 3 aromatic carbocycles. The summed E-state index contributed by atoms with van der Waals surface area (Å²) in [4.78, 5) is 0.280. The highest BCUT2D eigenvalue weighted by molar-refractivity contribution is 7.89. The maximum atomic E-state index is 12.6. The standard InChI is InChI=1S/C20H19NO3S/c22-25(23,20-10-9-15-5-1-2-7-17(15)12-20)21-13-19-11-16-6-3-4-8-18(16)14-24-19/h1-10,12,19,21H,11,13-14H2. The van der Waals surface area contributed by atoms with Crippen LogP contribution in [0.4, 0.5) is 0 Å². The molecule has 3 aromatic rings. The summed E-state index contributed by atoms with van der Waals surface area (Å²) in [6.07, 6.45) is 0.571. The van der Waals surface area contributed by atoms with Crippen molar-refractivity contribution in [3.8, 4) is 0 Å². The molecule has 0 amide bonds. The van der Waals surface area contributed by atoms with E-state index in [1.807, 2.05) is 48.5 Å². The number of benzene rings is 3. The number of sulfonamides is 1. The zero-order valence-corrected chi connectivity index (χ0v) is 14.5. The Balaban J connectivity index is 1.48. The summed E-state index contributed by atoms with van der Waals surface area (Å²) in [5, 5.41) is 1.93. The molecule has 4 nitrogen and oxygen atoms in total. The van der Waals surface area contributed by atoms with Crippen molar-refractivity contribution in [2.75, 3.05) is 6.54 Å². The molecule has 0 aliphatic carbocycles. The molecule has 25 heavy (non-hydrogen) atoms. The minimum atomic E-state index is -3.56. The lowest BCUT2D eigenvalue weighted by Crippen LogP contribution is -2.36. The van der Waals surface area contributed by atoms with E-state index in [0.717, 1.165) is 17.2 Å². The van der Waals surface area contributed by atoms with Gasteiger partial charge in [0.2, 0.25) is 10.0 Å². The fraction of sp³-hybridized carbons (Fsp3) is 0.200. The highest BCUT2D eigenvalue weighted by Gasteiger charge is 2.22. The van der Waals surface area contributed by atoms with Crippen LogP contribution in [0.15, 0.2) is 71.6 Å². The Bertz CT molecular complexity index is 1010. The van der Waals surface area contributed by atoms with Gasteiger partial charge < -0.3 is 4.74 Å². The molecule has 0 bridgehead atoms. The van der Waals surface area contributed by atoms with Crippen LogP contribution >= 0.6 is 0 Å². The Kier molecular flexibility index (Phi) is 4.29. The molecule has 1 N–H and O–H groups in total. The first kappa shape index (κ1) is 16.3. The van der Waals surface area contributed by atoms with Crippen LogP contribution in [0.1, 0.15) is 11.1 Å². The van der Waals surface area contributed by atoms with E-state index < -0.39 is 10.0 Å². The first-order chi connectivity index (χ1) is 12.1. The van der Waals surface area contributed by atoms with Gasteiger partial charge in [-0.05, 0) is 34.0 Å². The molecule has 0 saturated heterocycles. The van der Waals surface area contributed by atoms with Crippen molar-refractivity contribution in [1.82, 2.24) is 4.72 Å². The Labute approximate surface area is 147 Å². The van der Waals surface area contributed by atoms with Gasteiger partial charge in [0.25, 0.3) is 0 Å². The minimum absolute atomic E-state index is 0.148. The fourth-order valence-electron chi connectivity index (χ4n) is 3.16. The summed E-state index contributed by atoms with van der Waals surface area (Å²) < 4.78 is 33.7. The van der Waals surface area contributed by atoms with Gasteiger partial charge in [-0.25, -0.2) is 13.1 Å². The molecule has 4 rings (SSSR count). The van der Waals surface area contributed by atoms with Gasteiger partial charge in [-0.3, -0.25) is 0 Å². The van der Waals surface area contributed by atoms with E-state index in [2.05, 4.69) is 10.8 Å². The summed E-state index contributed by atoms with van der Waals surface area (Å²) in [6.45, 7) is 0.794. The van der Waals surface area contributed by atoms with Gasteiger partial charge in [0.05, 0.1) is 17.6 Å². The van der Waals surface area contributed by atoms with E-state index in [9.17, 15) is 8.42 Å². The van der Waals surface area contributed by atoms with Gasteiger partial charge in [0.15, 0.2) is 0 Å². The molecule has 0 saturated carbocycles. The Morgan fingerprint density at radius 2 is 1.64 bits per heavy atom. The Hall–Kier alpha value is -2.21. The lowest BCUT2D eigenvalue weighted by atomic mass is 9.99. The second-order valence-electron chi connectivity index (χ2n) is 6.27. The molecular weight excluding hydrogens is 334 g/mol. The monoisotopic (exact) mass is 353 g/mol. The third-order valence-corrected chi connectivity index (χ3v) is 5.99. The predicted octanol–water partition coefficient (Wildman–Crippen LogP) is 3.26. The molecule has 1 atom stereocenters. The minimum Gasteiger partial charge on any atom is -0.372 e. The Morgan fingerprint density at radius 3 is 2.48 bits per heavy atom. The van der Waals surface area contributed by atoms with E-state index in [4.69, 9.17) is 4.74 Å². The van der Waals surface area contributed by atoms with Crippen LogP contribution in [-0.2, 0) is 27.8 Å². The van der Waals surface area contributed by atoms with Gasteiger partial charge in [-0.2, -0.15) is 0 Å². The van der Waals surface area contributed by atoms with Crippen molar-refractivity contribution < 1.29 is 13.2 Å². The first-order valence-corrected chi connectivity index (χ1v) is 9.77. The molecule has 1 aliphatic rings. The van der Waals surface area contributed by atoms with E-state index in [1.54, 1.807) is 12.1 Å².